The van der Waals surface area contributed by atoms with Crippen LogP contribution in [0.15, 0.2) is 39.6 Å². The van der Waals surface area contributed by atoms with Crippen LogP contribution in [-0.4, -0.2) is 21.0 Å². The molecule has 2 rings (SSSR count). The summed E-state index contributed by atoms with van der Waals surface area (Å²) < 4.78 is 28.1. The normalized spacial score (nSPS) is 11.4. The second-order valence-electron chi connectivity index (χ2n) is 4.04. The largest absolute Gasteiger partial charge is 0.461 e. The summed E-state index contributed by atoms with van der Waals surface area (Å²) in [5.41, 5.74) is 1.23. The van der Waals surface area contributed by atoms with E-state index in [0.29, 0.717) is 17.1 Å². The third-order valence-electron chi connectivity index (χ3n) is 2.65. The van der Waals surface area contributed by atoms with E-state index in [1.54, 1.807) is 25.1 Å². The Morgan fingerprint density at radius 1 is 1.17 bits per heavy atom. The highest BCUT2D eigenvalue weighted by Crippen LogP contribution is 2.25. The zero-order valence-corrected chi connectivity index (χ0v) is 10.8. The van der Waals surface area contributed by atoms with E-state index in [9.17, 15) is 13.2 Å². The molecule has 18 heavy (non-hydrogen) atoms. The Kier molecular flexibility index (Phi) is 3.09. The monoisotopic (exact) mass is 264 g/mol. The molecule has 0 fully saturated rings. The van der Waals surface area contributed by atoms with Gasteiger partial charge in [-0.05, 0) is 37.3 Å². The van der Waals surface area contributed by atoms with Crippen molar-refractivity contribution in [3.05, 3.63) is 41.7 Å². The molecule has 0 spiro atoms. The Morgan fingerprint density at radius 2 is 1.78 bits per heavy atom. The van der Waals surface area contributed by atoms with Gasteiger partial charge in [0, 0.05) is 11.8 Å². The molecule has 1 aromatic heterocycles. The van der Waals surface area contributed by atoms with E-state index in [1.807, 2.05) is 0 Å². The van der Waals surface area contributed by atoms with Crippen LogP contribution in [0.5, 0.6) is 0 Å². The summed E-state index contributed by atoms with van der Waals surface area (Å²) >= 11 is 0. The van der Waals surface area contributed by atoms with Gasteiger partial charge in [0.2, 0.25) is 0 Å². The van der Waals surface area contributed by atoms with E-state index in [0.717, 1.165) is 18.1 Å². The van der Waals surface area contributed by atoms with E-state index >= 15 is 0 Å². The van der Waals surface area contributed by atoms with E-state index in [-0.39, 0.29) is 4.90 Å². The van der Waals surface area contributed by atoms with Crippen LogP contribution in [0.25, 0.3) is 11.3 Å². The second kappa shape index (κ2) is 4.42. The summed E-state index contributed by atoms with van der Waals surface area (Å²) in [7, 11) is -3.20. The van der Waals surface area contributed by atoms with Gasteiger partial charge in [0.15, 0.2) is 16.1 Å². The summed E-state index contributed by atoms with van der Waals surface area (Å²) in [6, 6.07) is 7.98. The Labute approximate surface area is 105 Å². The lowest BCUT2D eigenvalue weighted by atomic mass is 10.1. The molecule has 5 heteroatoms. The van der Waals surface area contributed by atoms with Gasteiger partial charge >= 0.3 is 0 Å². The van der Waals surface area contributed by atoms with Gasteiger partial charge in [-0.15, -0.1) is 0 Å². The first-order chi connectivity index (χ1) is 8.41. The Morgan fingerprint density at radius 3 is 2.22 bits per heavy atom. The van der Waals surface area contributed by atoms with Crippen LogP contribution >= 0.6 is 0 Å². The molecule has 2 aromatic rings. The molecule has 0 unspecified atom stereocenters. The number of carbonyl (C=O) groups is 1. The maximum Gasteiger partial charge on any atom is 0.175 e. The first kappa shape index (κ1) is 12.6. The van der Waals surface area contributed by atoms with Crippen molar-refractivity contribution in [2.24, 2.45) is 0 Å². The summed E-state index contributed by atoms with van der Waals surface area (Å²) in [6.45, 7) is 1.71. The van der Waals surface area contributed by atoms with Gasteiger partial charge in [-0.3, -0.25) is 4.79 Å². The minimum Gasteiger partial charge on any atom is -0.461 e. The lowest BCUT2D eigenvalue weighted by Gasteiger charge is -2.00. The number of sulfone groups is 1. The number of rotatable bonds is 3. The van der Waals surface area contributed by atoms with Gasteiger partial charge in [0.1, 0.15) is 11.5 Å². The SMILES string of the molecule is Cc1oc(-c2ccc(S(C)(=O)=O)cc2)cc1C=O. The third kappa shape index (κ3) is 2.36. The van der Waals surface area contributed by atoms with E-state index in [4.69, 9.17) is 4.42 Å². The van der Waals surface area contributed by atoms with Crippen molar-refractivity contribution < 1.29 is 17.6 Å². The third-order valence-corrected chi connectivity index (χ3v) is 3.78. The van der Waals surface area contributed by atoms with Crippen LogP contribution < -0.4 is 0 Å². The molecule has 0 radical (unpaired) electrons. The Balaban J connectivity index is 2.43. The number of hydrogen-bond donors (Lipinski definition) is 0. The van der Waals surface area contributed by atoms with Crippen LogP contribution in [0.1, 0.15) is 16.1 Å². The Hall–Kier alpha value is -1.88. The molecule has 0 N–H and O–H groups in total. The van der Waals surface area contributed by atoms with Crippen LogP contribution in [0.3, 0.4) is 0 Å². The highest BCUT2D eigenvalue weighted by Gasteiger charge is 2.10. The summed E-state index contributed by atoms with van der Waals surface area (Å²) in [6.07, 6.45) is 1.89. The molecule has 0 saturated carbocycles. The van der Waals surface area contributed by atoms with Crippen molar-refractivity contribution in [3.63, 3.8) is 0 Å². The number of furan rings is 1. The molecule has 0 aliphatic carbocycles. The molecular weight excluding hydrogens is 252 g/mol. The van der Waals surface area contributed by atoms with Crippen LogP contribution in [0, 0.1) is 6.92 Å². The first-order valence-electron chi connectivity index (χ1n) is 5.28. The topological polar surface area (TPSA) is 64.3 Å². The van der Waals surface area contributed by atoms with Gasteiger partial charge in [0.05, 0.1) is 10.5 Å². The van der Waals surface area contributed by atoms with Crippen LogP contribution in [0.2, 0.25) is 0 Å². The van der Waals surface area contributed by atoms with Crippen molar-refractivity contribution in [2.45, 2.75) is 11.8 Å². The predicted molar refractivity (Wildman–Crippen MR) is 67.4 cm³/mol. The maximum atomic E-state index is 11.3. The number of benzene rings is 1. The van der Waals surface area contributed by atoms with E-state index < -0.39 is 9.84 Å². The highest BCUT2D eigenvalue weighted by molar-refractivity contribution is 7.90. The summed E-state index contributed by atoms with van der Waals surface area (Å²) in [5.74, 6) is 1.10. The average Bonchev–Trinajstić information content (AvgIpc) is 2.69. The van der Waals surface area contributed by atoms with Crippen molar-refractivity contribution in [2.75, 3.05) is 6.26 Å². The van der Waals surface area contributed by atoms with Crippen LogP contribution in [-0.2, 0) is 9.84 Å². The maximum absolute atomic E-state index is 11.3. The van der Waals surface area contributed by atoms with Gasteiger partial charge in [0.25, 0.3) is 0 Å². The van der Waals surface area contributed by atoms with E-state index in [1.165, 1.54) is 12.1 Å². The van der Waals surface area contributed by atoms with Crippen LogP contribution in [0.4, 0.5) is 0 Å². The Bertz CT molecular complexity index is 678. The highest BCUT2D eigenvalue weighted by atomic mass is 32.2. The molecule has 0 bridgehead atoms. The fourth-order valence-electron chi connectivity index (χ4n) is 1.62. The van der Waals surface area contributed by atoms with Crippen molar-refractivity contribution in [3.8, 4) is 11.3 Å². The minimum absolute atomic E-state index is 0.255. The average molecular weight is 264 g/mol. The molecule has 1 heterocycles. The molecule has 1 aromatic carbocycles. The second-order valence-corrected chi connectivity index (χ2v) is 6.05. The van der Waals surface area contributed by atoms with E-state index in [2.05, 4.69) is 0 Å². The summed E-state index contributed by atoms with van der Waals surface area (Å²) in [5, 5.41) is 0. The summed E-state index contributed by atoms with van der Waals surface area (Å²) in [4.78, 5) is 11.0. The quantitative estimate of drug-likeness (QED) is 0.799. The lowest BCUT2D eigenvalue weighted by molar-refractivity contribution is 0.112. The lowest BCUT2D eigenvalue weighted by Crippen LogP contribution is -1.95. The molecule has 0 saturated heterocycles. The smallest absolute Gasteiger partial charge is 0.175 e. The number of carbonyl (C=O) groups excluding carboxylic acids is 1. The fraction of sp³-hybridized carbons (Fsp3) is 0.154. The molecule has 0 aliphatic rings. The van der Waals surface area contributed by atoms with Gasteiger partial charge in [-0.25, -0.2) is 8.42 Å². The van der Waals surface area contributed by atoms with Crippen molar-refractivity contribution >= 4 is 16.1 Å². The first-order valence-corrected chi connectivity index (χ1v) is 7.17. The van der Waals surface area contributed by atoms with Gasteiger partial charge in [-0.1, -0.05) is 0 Å². The molecule has 94 valence electrons. The number of aldehydes is 1. The zero-order valence-electron chi connectivity index (χ0n) is 10.0. The van der Waals surface area contributed by atoms with Gasteiger partial charge in [-0.2, -0.15) is 0 Å². The zero-order chi connectivity index (χ0) is 13.3. The standard InChI is InChI=1S/C13H12O4S/c1-9-11(8-14)7-13(17-9)10-3-5-12(6-4-10)18(2,15)16/h3-8H,1-2H3. The fourth-order valence-corrected chi connectivity index (χ4v) is 2.25. The van der Waals surface area contributed by atoms with Crippen molar-refractivity contribution in [1.29, 1.82) is 0 Å². The van der Waals surface area contributed by atoms with Crippen molar-refractivity contribution in [1.82, 2.24) is 0 Å². The number of aryl methyl sites for hydroxylation is 1. The van der Waals surface area contributed by atoms with Gasteiger partial charge < -0.3 is 4.42 Å². The molecule has 0 atom stereocenters. The molecule has 4 nitrogen and oxygen atoms in total. The number of hydrogen-bond acceptors (Lipinski definition) is 4. The predicted octanol–water partition coefficient (Wildman–Crippen LogP) is 2.47. The molecule has 0 amide bonds. The molecule has 0 aliphatic heterocycles. The minimum atomic E-state index is -3.20. The molecular formula is C13H12O4S.